The molecule has 0 atom stereocenters. The first-order chi connectivity index (χ1) is 21.3. The number of nitrogens with one attached hydrogen (secondary N) is 1. The summed E-state index contributed by atoms with van der Waals surface area (Å²) in [5, 5.41) is 12.1. The molecule has 3 amide bonds. The number of urea groups is 1. The summed E-state index contributed by atoms with van der Waals surface area (Å²) in [5.74, 6) is -0.587. The smallest absolute Gasteiger partial charge is 0.387 e. The van der Waals surface area contributed by atoms with Gasteiger partial charge in [-0.05, 0) is 50.1 Å². The summed E-state index contributed by atoms with van der Waals surface area (Å²) in [6, 6.07) is 6.10. The largest absolute Gasteiger partial charge is 0.434 e. The van der Waals surface area contributed by atoms with Crippen molar-refractivity contribution in [1.82, 2.24) is 39.1 Å². The third-order valence-electron chi connectivity index (χ3n) is 8.05. The molecule has 0 bridgehead atoms. The molecule has 2 aliphatic rings. The van der Waals surface area contributed by atoms with E-state index in [2.05, 4.69) is 20.3 Å². The molecule has 2 aliphatic heterocycles. The van der Waals surface area contributed by atoms with Crippen molar-refractivity contribution < 1.29 is 23.1 Å². The zero-order valence-corrected chi connectivity index (χ0v) is 24.8. The lowest BCUT2D eigenvalue weighted by molar-refractivity contribution is -0.0494. The van der Waals surface area contributed by atoms with E-state index in [4.69, 9.17) is 21.4 Å². The van der Waals surface area contributed by atoms with Gasteiger partial charge in [-0.25, -0.2) is 14.3 Å². The van der Waals surface area contributed by atoms with Crippen LogP contribution in [0.15, 0.2) is 49.1 Å². The Kier molecular flexibility index (Phi) is 8.62. The molecule has 0 radical (unpaired) electrons. The Balaban J connectivity index is 1.21. The molecule has 0 aliphatic carbocycles. The quantitative estimate of drug-likeness (QED) is 0.276. The van der Waals surface area contributed by atoms with Gasteiger partial charge in [0.15, 0.2) is 5.65 Å². The number of anilines is 1. The van der Waals surface area contributed by atoms with E-state index in [0.717, 1.165) is 58.5 Å². The zero-order valence-electron chi connectivity index (χ0n) is 24.1. The van der Waals surface area contributed by atoms with Crippen LogP contribution in [-0.4, -0.2) is 104 Å². The van der Waals surface area contributed by atoms with E-state index in [9.17, 15) is 18.4 Å². The van der Waals surface area contributed by atoms with Crippen LogP contribution in [0.2, 0.25) is 5.02 Å². The Hall–Kier alpha value is -4.30. The van der Waals surface area contributed by atoms with E-state index in [1.54, 1.807) is 34.2 Å². The van der Waals surface area contributed by atoms with Crippen LogP contribution in [0.5, 0.6) is 5.75 Å². The Bertz CT molecular complexity index is 1650. The molecule has 5 heterocycles. The van der Waals surface area contributed by atoms with Crippen molar-refractivity contribution in [3.8, 4) is 17.0 Å². The molecule has 4 aromatic rings. The van der Waals surface area contributed by atoms with Gasteiger partial charge in [-0.15, -0.1) is 0 Å². The monoisotopic (exact) mass is 627 g/mol. The minimum atomic E-state index is -3.06. The summed E-state index contributed by atoms with van der Waals surface area (Å²) in [6.07, 6.45) is 8.87. The molecular weight excluding hydrogens is 596 g/mol. The van der Waals surface area contributed by atoms with Gasteiger partial charge in [0.2, 0.25) is 0 Å². The highest BCUT2D eigenvalue weighted by molar-refractivity contribution is 6.31. The van der Waals surface area contributed by atoms with Crippen LogP contribution in [0.1, 0.15) is 35.7 Å². The van der Waals surface area contributed by atoms with Crippen molar-refractivity contribution in [3.63, 3.8) is 0 Å². The van der Waals surface area contributed by atoms with Crippen LogP contribution < -0.4 is 10.1 Å². The molecule has 2 saturated heterocycles. The summed E-state index contributed by atoms with van der Waals surface area (Å²) in [7, 11) is 1.82. The molecule has 12 nitrogen and oxygen atoms in total. The number of fused-ring (bicyclic) bond motifs is 1. The van der Waals surface area contributed by atoms with Crippen LogP contribution in [0, 0.1) is 0 Å². The molecule has 15 heteroatoms. The number of hydrogen-bond acceptors (Lipinski definition) is 7. The summed E-state index contributed by atoms with van der Waals surface area (Å²) < 4.78 is 34.7. The second kappa shape index (κ2) is 12.7. The number of hydrogen-bond donors (Lipinski definition) is 1. The average Bonchev–Trinajstić information content (AvgIpc) is 3.72. The van der Waals surface area contributed by atoms with Gasteiger partial charge >= 0.3 is 12.6 Å². The fourth-order valence-electron chi connectivity index (χ4n) is 5.74. The van der Waals surface area contributed by atoms with Gasteiger partial charge < -0.3 is 24.8 Å². The minimum Gasteiger partial charge on any atom is -0.434 e. The Morgan fingerprint density at radius 3 is 2.75 bits per heavy atom. The Morgan fingerprint density at radius 1 is 1.18 bits per heavy atom. The summed E-state index contributed by atoms with van der Waals surface area (Å²) in [6.45, 7) is 1.76. The number of alkyl halides is 2. The molecule has 0 unspecified atom stereocenters. The lowest BCUT2D eigenvalue weighted by Gasteiger charge is -2.32. The predicted octanol–water partition coefficient (Wildman–Crippen LogP) is 4.49. The van der Waals surface area contributed by atoms with Crippen LogP contribution >= 0.6 is 11.6 Å². The molecule has 6 rings (SSSR count). The SMILES string of the molecule is CN1CCN(CCCN2CCC(n3cc(NC(=O)c4cnn5cccnc45)c(-c4cc(Cl)ccc4OC(F)F)n3)CC2)C1=O. The average molecular weight is 628 g/mol. The van der Waals surface area contributed by atoms with E-state index < -0.39 is 12.5 Å². The Morgan fingerprint density at radius 2 is 2.00 bits per heavy atom. The molecule has 0 spiro atoms. The van der Waals surface area contributed by atoms with Gasteiger partial charge in [-0.3, -0.25) is 9.48 Å². The minimum absolute atomic E-state index is 0.0155. The number of carbonyl (C=O) groups excluding carboxylic acids is 2. The first kappa shape index (κ1) is 29.8. The molecule has 2 fully saturated rings. The van der Waals surface area contributed by atoms with Crippen molar-refractivity contribution in [2.24, 2.45) is 0 Å². The number of carbonyl (C=O) groups is 2. The number of amides is 3. The summed E-state index contributed by atoms with van der Waals surface area (Å²) >= 11 is 6.26. The van der Waals surface area contributed by atoms with E-state index >= 15 is 0 Å². The van der Waals surface area contributed by atoms with Crippen molar-refractivity contribution in [2.45, 2.75) is 31.9 Å². The van der Waals surface area contributed by atoms with Crippen LogP contribution in [0.3, 0.4) is 0 Å². The van der Waals surface area contributed by atoms with Crippen molar-refractivity contribution in [1.29, 1.82) is 0 Å². The second-order valence-corrected chi connectivity index (χ2v) is 11.3. The fourth-order valence-corrected chi connectivity index (χ4v) is 5.91. The van der Waals surface area contributed by atoms with Gasteiger partial charge in [0.1, 0.15) is 17.0 Å². The molecule has 3 aromatic heterocycles. The number of aromatic nitrogens is 5. The highest BCUT2D eigenvalue weighted by Gasteiger charge is 2.28. The maximum Gasteiger partial charge on any atom is 0.387 e. The van der Waals surface area contributed by atoms with Crippen molar-refractivity contribution in [2.75, 3.05) is 51.6 Å². The number of ether oxygens (including phenoxy) is 1. The van der Waals surface area contributed by atoms with Crippen LogP contribution in [0.25, 0.3) is 16.9 Å². The topological polar surface area (TPSA) is 113 Å². The third-order valence-corrected chi connectivity index (χ3v) is 8.29. The fraction of sp³-hybridized carbons (Fsp3) is 0.414. The van der Waals surface area contributed by atoms with Crippen molar-refractivity contribution in [3.05, 3.63) is 59.6 Å². The number of likely N-dealkylation sites (tertiary alicyclic amines) is 1. The normalized spacial score (nSPS) is 16.4. The van der Waals surface area contributed by atoms with Crippen LogP contribution in [-0.2, 0) is 0 Å². The van der Waals surface area contributed by atoms with Crippen LogP contribution in [0.4, 0.5) is 19.3 Å². The van der Waals surface area contributed by atoms with Gasteiger partial charge in [0.05, 0.1) is 17.9 Å². The van der Waals surface area contributed by atoms with E-state index in [1.807, 2.05) is 11.9 Å². The third kappa shape index (κ3) is 6.31. The number of piperidine rings is 1. The zero-order chi connectivity index (χ0) is 30.8. The number of nitrogens with zero attached hydrogens (tertiary/aromatic N) is 8. The molecule has 232 valence electrons. The lowest BCUT2D eigenvalue weighted by Crippen LogP contribution is -2.37. The van der Waals surface area contributed by atoms with Gasteiger partial charge in [0, 0.05) is 68.9 Å². The van der Waals surface area contributed by atoms with Gasteiger partial charge in [-0.2, -0.15) is 19.0 Å². The molecule has 0 saturated carbocycles. The highest BCUT2D eigenvalue weighted by Crippen LogP contribution is 2.38. The van der Waals surface area contributed by atoms with E-state index in [1.165, 1.54) is 28.9 Å². The first-order valence-corrected chi connectivity index (χ1v) is 14.8. The molecule has 44 heavy (non-hydrogen) atoms. The van der Waals surface area contributed by atoms with Gasteiger partial charge in [0.25, 0.3) is 5.91 Å². The number of rotatable bonds is 10. The maximum absolute atomic E-state index is 13.4. The lowest BCUT2D eigenvalue weighted by atomic mass is 10.1. The van der Waals surface area contributed by atoms with Gasteiger partial charge in [-0.1, -0.05) is 11.6 Å². The standard InChI is InChI=1S/C29H32ClF2N9O3/c1-37-14-15-39(29(37)43)10-3-9-38-12-6-20(7-13-38)41-18-23(35-27(42)22-17-34-40-11-2-8-33-26(22)40)25(36-41)21-16-19(30)4-5-24(21)44-28(31)32/h2,4-5,8,11,16-18,20,28H,3,6-7,9-10,12-15H2,1H3,(H,35,42). The van der Waals surface area contributed by atoms with E-state index in [0.29, 0.717) is 16.4 Å². The molecule has 1 aromatic carbocycles. The second-order valence-electron chi connectivity index (χ2n) is 10.9. The summed E-state index contributed by atoms with van der Waals surface area (Å²) in [5.41, 5.74) is 1.41. The number of halogens is 3. The predicted molar refractivity (Wildman–Crippen MR) is 159 cm³/mol. The maximum atomic E-state index is 13.4. The highest BCUT2D eigenvalue weighted by atomic mass is 35.5. The summed E-state index contributed by atoms with van der Waals surface area (Å²) in [4.78, 5) is 35.8. The number of benzene rings is 1. The number of likely N-dealkylation sites (N-methyl/N-ethyl adjacent to an activating group) is 1. The first-order valence-electron chi connectivity index (χ1n) is 14.4. The molecule has 1 N–H and O–H groups in total. The Labute approximate surface area is 257 Å². The molecular formula is C29H32ClF2N9O3. The van der Waals surface area contributed by atoms with Crippen molar-refractivity contribution >= 4 is 34.9 Å². The van der Waals surface area contributed by atoms with E-state index in [-0.39, 0.29) is 34.6 Å².